The van der Waals surface area contributed by atoms with E-state index in [1.807, 2.05) is 6.92 Å². The first kappa shape index (κ1) is 15.1. The van der Waals surface area contributed by atoms with E-state index in [1.54, 1.807) is 0 Å². The number of hydrogen-bond acceptors (Lipinski definition) is 3. The van der Waals surface area contributed by atoms with Crippen LogP contribution in [0.5, 0.6) is 0 Å². The summed E-state index contributed by atoms with van der Waals surface area (Å²) in [7, 11) is 0. The van der Waals surface area contributed by atoms with Crippen molar-refractivity contribution in [2.45, 2.75) is 32.2 Å². The van der Waals surface area contributed by atoms with E-state index < -0.39 is 11.7 Å². The molecule has 0 bridgehead atoms. The summed E-state index contributed by atoms with van der Waals surface area (Å²) >= 11 is 0. The summed E-state index contributed by atoms with van der Waals surface area (Å²) in [6.07, 6.45) is -3.42. The molecule has 1 saturated heterocycles. The van der Waals surface area contributed by atoms with E-state index in [1.165, 1.54) is 6.07 Å². The summed E-state index contributed by atoms with van der Waals surface area (Å²) in [6, 6.07) is 3.78. The lowest BCUT2D eigenvalue weighted by molar-refractivity contribution is -0.137. The van der Waals surface area contributed by atoms with E-state index in [4.69, 9.17) is 10.5 Å². The SMILES string of the molecule is CC1CN(c2ccc(C(F)(F)F)cc2CN)CCCO1. The van der Waals surface area contributed by atoms with E-state index in [0.29, 0.717) is 18.7 Å². The van der Waals surface area contributed by atoms with E-state index in [0.717, 1.165) is 30.8 Å². The second kappa shape index (κ2) is 6.01. The number of benzene rings is 1. The van der Waals surface area contributed by atoms with Crippen LogP contribution in [0.4, 0.5) is 18.9 Å². The van der Waals surface area contributed by atoms with Crippen LogP contribution < -0.4 is 10.6 Å². The molecular weight excluding hydrogens is 269 g/mol. The molecule has 1 aliphatic rings. The van der Waals surface area contributed by atoms with Crippen LogP contribution in [-0.2, 0) is 17.5 Å². The number of hydrogen-bond donors (Lipinski definition) is 1. The Labute approximate surface area is 116 Å². The first-order chi connectivity index (χ1) is 9.41. The van der Waals surface area contributed by atoms with Gasteiger partial charge in [0, 0.05) is 31.9 Å². The molecule has 20 heavy (non-hydrogen) atoms. The van der Waals surface area contributed by atoms with Crippen molar-refractivity contribution >= 4 is 5.69 Å². The van der Waals surface area contributed by atoms with Crippen molar-refractivity contribution in [3.8, 4) is 0 Å². The van der Waals surface area contributed by atoms with Gasteiger partial charge in [0.2, 0.25) is 0 Å². The molecule has 0 spiro atoms. The maximum atomic E-state index is 12.7. The Kier molecular flexibility index (Phi) is 4.55. The van der Waals surface area contributed by atoms with Crippen LogP contribution in [0, 0.1) is 0 Å². The Bertz CT molecular complexity index is 462. The van der Waals surface area contributed by atoms with Crippen LogP contribution in [-0.4, -0.2) is 25.8 Å². The van der Waals surface area contributed by atoms with Crippen molar-refractivity contribution in [2.24, 2.45) is 5.73 Å². The minimum Gasteiger partial charge on any atom is -0.377 e. The molecule has 1 aromatic carbocycles. The smallest absolute Gasteiger partial charge is 0.377 e. The summed E-state index contributed by atoms with van der Waals surface area (Å²) < 4.78 is 43.7. The summed E-state index contributed by atoms with van der Waals surface area (Å²) in [5, 5.41) is 0. The van der Waals surface area contributed by atoms with Gasteiger partial charge in [-0.3, -0.25) is 0 Å². The molecule has 2 rings (SSSR count). The van der Waals surface area contributed by atoms with Crippen LogP contribution in [0.1, 0.15) is 24.5 Å². The summed E-state index contributed by atoms with van der Waals surface area (Å²) in [5.41, 5.74) is 6.26. The number of nitrogens with two attached hydrogens (primary N) is 1. The van der Waals surface area contributed by atoms with Crippen molar-refractivity contribution in [2.75, 3.05) is 24.6 Å². The fourth-order valence-electron chi connectivity index (χ4n) is 2.45. The van der Waals surface area contributed by atoms with Crippen LogP contribution in [0.25, 0.3) is 0 Å². The quantitative estimate of drug-likeness (QED) is 0.909. The van der Waals surface area contributed by atoms with Crippen molar-refractivity contribution in [1.82, 2.24) is 0 Å². The molecule has 1 aromatic rings. The lowest BCUT2D eigenvalue weighted by Gasteiger charge is -2.27. The molecule has 0 aliphatic carbocycles. The summed E-state index contributed by atoms with van der Waals surface area (Å²) in [4.78, 5) is 2.06. The van der Waals surface area contributed by atoms with Gasteiger partial charge in [0.25, 0.3) is 0 Å². The van der Waals surface area contributed by atoms with Crippen LogP contribution in [0.2, 0.25) is 0 Å². The second-order valence-corrected chi connectivity index (χ2v) is 5.03. The Morgan fingerprint density at radius 3 is 2.80 bits per heavy atom. The molecule has 1 atom stereocenters. The molecule has 112 valence electrons. The van der Waals surface area contributed by atoms with Gasteiger partial charge in [-0.25, -0.2) is 0 Å². The summed E-state index contributed by atoms with van der Waals surface area (Å²) in [6.45, 7) is 4.16. The highest BCUT2D eigenvalue weighted by atomic mass is 19.4. The molecule has 1 fully saturated rings. The van der Waals surface area contributed by atoms with Crippen molar-refractivity contribution < 1.29 is 17.9 Å². The molecule has 6 heteroatoms. The number of rotatable bonds is 2. The zero-order valence-electron chi connectivity index (χ0n) is 11.4. The molecular formula is C14H19F3N2O. The normalized spacial score (nSPS) is 20.9. The fraction of sp³-hybridized carbons (Fsp3) is 0.571. The zero-order chi connectivity index (χ0) is 14.8. The number of halogens is 3. The van der Waals surface area contributed by atoms with Crippen molar-refractivity contribution in [1.29, 1.82) is 0 Å². The number of anilines is 1. The predicted molar refractivity (Wildman–Crippen MR) is 71.6 cm³/mol. The Morgan fingerprint density at radius 1 is 1.40 bits per heavy atom. The largest absolute Gasteiger partial charge is 0.416 e. The van der Waals surface area contributed by atoms with Gasteiger partial charge in [-0.2, -0.15) is 13.2 Å². The van der Waals surface area contributed by atoms with Crippen molar-refractivity contribution in [3.63, 3.8) is 0 Å². The highest BCUT2D eigenvalue weighted by Crippen LogP contribution is 2.33. The third kappa shape index (κ3) is 3.43. The van der Waals surface area contributed by atoms with Crippen LogP contribution in [0.3, 0.4) is 0 Å². The van der Waals surface area contributed by atoms with Crippen LogP contribution >= 0.6 is 0 Å². The summed E-state index contributed by atoms with van der Waals surface area (Å²) in [5.74, 6) is 0. The van der Waals surface area contributed by atoms with E-state index in [-0.39, 0.29) is 12.6 Å². The molecule has 1 unspecified atom stereocenters. The molecule has 2 N–H and O–H groups in total. The minimum absolute atomic E-state index is 0.0606. The van der Waals surface area contributed by atoms with Gasteiger partial charge in [-0.15, -0.1) is 0 Å². The maximum Gasteiger partial charge on any atom is 0.416 e. The van der Waals surface area contributed by atoms with E-state index >= 15 is 0 Å². The monoisotopic (exact) mass is 288 g/mol. The van der Waals surface area contributed by atoms with Gasteiger partial charge >= 0.3 is 6.18 Å². The minimum atomic E-state index is -4.34. The van der Waals surface area contributed by atoms with Gasteiger partial charge < -0.3 is 15.4 Å². The van der Waals surface area contributed by atoms with Gasteiger partial charge in [0.15, 0.2) is 0 Å². The topological polar surface area (TPSA) is 38.5 Å². The Balaban J connectivity index is 2.31. The zero-order valence-corrected chi connectivity index (χ0v) is 11.4. The molecule has 1 heterocycles. The van der Waals surface area contributed by atoms with Gasteiger partial charge in [0.05, 0.1) is 11.7 Å². The molecule has 0 aromatic heterocycles. The standard InChI is InChI=1S/C14H19F3N2O/c1-10-9-19(5-2-6-20-10)13-4-3-12(14(15,16)17)7-11(13)8-18/h3-4,7,10H,2,5-6,8-9,18H2,1H3. The van der Waals surface area contributed by atoms with Gasteiger partial charge in [0.1, 0.15) is 0 Å². The molecule has 3 nitrogen and oxygen atoms in total. The second-order valence-electron chi connectivity index (χ2n) is 5.03. The third-order valence-corrected chi connectivity index (χ3v) is 3.42. The van der Waals surface area contributed by atoms with E-state index in [2.05, 4.69) is 4.90 Å². The highest BCUT2D eigenvalue weighted by Gasteiger charge is 2.31. The van der Waals surface area contributed by atoms with E-state index in [9.17, 15) is 13.2 Å². The first-order valence-electron chi connectivity index (χ1n) is 6.68. The number of alkyl halides is 3. The van der Waals surface area contributed by atoms with Crippen LogP contribution in [0.15, 0.2) is 18.2 Å². The Hall–Kier alpha value is -1.27. The van der Waals surface area contributed by atoms with Gasteiger partial charge in [-0.05, 0) is 37.1 Å². The lowest BCUT2D eigenvalue weighted by atomic mass is 10.1. The number of nitrogens with zero attached hydrogens (tertiary/aromatic N) is 1. The number of ether oxygens (including phenoxy) is 1. The first-order valence-corrected chi connectivity index (χ1v) is 6.68. The molecule has 0 radical (unpaired) electrons. The molecule has 1 aliphatic heterocycles. The Morgan fingerprint density at radius 2 is 2.15 bits per heavy atom. The highest BCUT2D eigenvalue weighted by molar-refractivity contribution is 5.55. The lowest BCUT2D eigenvalue weighted by Crippen LogP contribution is -2.31. The third-order valence-electron chi connectivity index (χ3n) is 3.42. The average Bonchev–Trinajstić information content (AvgIpc) is 2.61. The molecule has 0 amide bonds. The average molecular weight is 288 g/mol. The molecule has 0 saturated carbocycles. The maximum absolute atomic E-state index is 12.7. The van der Waals surface area contributed by atoms with Gasteiger partial charge in [-0.1, -0.05) is 0 Å². The predicted octanol–water partition coefficient (Wildman–Crippen LogP) is 2.78. The fourth-order valence-corrected chi connectivity index (χ4v) is 2.45. The van der Waals surface area contributed by atoms with Crippen molar-refractivity contribution in [3.05, 3.63) is 29.3 Å².